The van der Waals surface area contributed by atoms with Crippen molar-refractivity contribution >= 4 is 23.4 Å². The van der Waals surface area contributed by atoms with E-state index >= 15 is 0 Å². The summed E-state index contributed by atoms with van der Waals surface area (Å²) in [6.07, 6.45) is 0. The first kappa shape index (κ1) is 18.1. The van der Waals surface area contributed by atoms with Gasteiger partial charge >= 0.3 is 0 Å². The van der Waals surface area contributed by atoms with Crippen molar-refractivity contribution in [1.29, 1.82) is 0 Å². The molecule has 0 aliphatic rings. The van der Waals surface area contributed by atoms with E-state index in [2.05, 4.69) is 41.5 Å². The molecule has 0 saturated carbocycles. The average molecular weight is 367 g/mol. The van der Waals surface area contributed by atoms with E-state index in [9.17, 15) is 4.79 Å². The Hall–Kier alpha value is -2.67. The summed E-state index contributed by atoms with van der Waals surface area (Å²) in [5.74, 6) is 0.722. The van der Waals surface area contributed by atoms with E-state index in [-0.39, 0.29) is 11.7 Å². The van der Waals surface area contributed by atoms with Crippen molar-refractivity contribution in [2.24, 2.45) is 0 Å². The molecule has 1 heterocycles. The predicted octanol–water partition coefficient (Wildman–Crippen LogP) is 3.54. The summed E-state index contributed by atoms with van der Waals surface area (Å²) in [6.45, 7) is 4.31. The summed E-state index contributed by atoms with van der Waals surface area (Å²) in [7, 11) is 1.77. The van der Waals surface area contributed by atoms with Crippen LogP contribution in [0.15, 0.2) is 59.8 Å². The Morgan fingerprint density at radius 3 is 2.46 bits per heavy atom. The highest BCUT2D eigenvalue weighted by Gasteiger charge is 2.15. The smallest absolute Gasteiger partial charge is 0.237 e. The van der Waals surface area contributed by atoms with E-state index in [0.29, 0.717) is 11.1 Å². The Labute approximate surface area is 157 Å². The molecule has 26 heavy (non-hydrogen) atoms. The van der Waals surface area contributed by atoms with E-state index in [4.69, 9.17) is 0 Å². The third-order valence-electron chi connectivity index (χ3n) is 4.09. The van der Waals surface area contributed by atoms with Gasteiger partial charge in [-0.05, 0) is 46.2 Å². The molecular weight excluding hydrogens is 346 g/mol. The number of aromatic nitrogens is 4. The summed E-state index contributed by atoms with van der Waals surface area (Å²) in [5.41, 5.74) is 3.00. The lowest BCUT2D eigenvalue weighted by atomic mass is 10.0. The molecule has 0 radical (unpaired) electrons. The van der Waals surface area contributed by atoms with Gasteiger partial charge in [-0.1, -0.05) is 55.9 Å². The third kappa shape index (κ3) is 4.11. The van der Waals surface area contributed by atoms with E-state index in [1.165, 1.54) is 17.3 Å². The van der Waals surface area contributed by atoms with Gasteiger partial charge in [0, 0.05) is 12.7 Å². The minimum atomic E-state index is -0.00842. The first-order valence-electron chi connectivity index (χ1n) is 8.39. The van der Waals surface area contributed by atoms with Crippen LogP contribution in [-0.2, 0) is 4.79 Å². The van der Waals surface area contributed by atoms with E-state index < -0.39 is 0 Å². The standard InChI is InChI=1S/C19H21N5OS/c1-14(2)15-9-11-17(12-10-15)24-19(20-21-22-24)26-13-18(25)23(3)16-7-5-4-6-8-16/h4-12,14H,13H2,1-3H3. The number of nitrogens with zero attached hydrogens (tertiary/aromatic N) is 5. The number of carbonyl (C=O) groups excluding carboxylic acids is 1. The Kier molecular flexibility index (Phi) is 5.68. The van der Waals surface area contributed by atoms with Crippen molar-refractivity contribution in [1.82, 2.24) is 20.2 Å². The second-order valence-electron chi connectivity index (χ2n) is 6.20. The van der Waals surface area contributed by atoms with Crippen molar-refractivity contribution in [2.75, 3.05) is 17.7 Å². The summed E-state index contributed by atoms with van der Waals surface area (Å²) < 4.78 is 1.66. The number of benzene rings is 2. The van der Waals surface area contributed by atoms with Crippen LogP contribution >= 0.6 is 11.8 Å². The first-order valence-corrected chi connectivity index (χ1v) is 9.38. The van der Waals surface area contributed by atoms with Gasteiger partial charge in [-0.15, -0.1) is 5.10 Å². The fraction of sp³-hybridized carbons (Fsp3) is 0.263. The van der Waals surface area contributed by atoms with Gasteiger partial charge in [0.2, 0.25) is 11.1 Å². The van der Waals surface area contributed by atoms with Crippen molar-refractivity contribution in [3.05, 3.63) is 60.2 Å². The van der Waals surface area contributed by atoms with Crippen LogP contribution in [-0.4, -0.2) is 38.9 Å². The molecule has 0 spiro atoms. The summed E-state index contributed by atoms with van der Waals surface area (Å²) in [4.78, 5) is 14.1. The normalized spacial score (nSPS) is 10.9. The highest BCUT2D eigenvalue weighted by molar-refractivity contribution is 7.99. The van der Waals surface area contributed by atoms with E-state index in [1.807, 2.05) is 42.5 Å². The van der Waals surface area contributed by atoms with Gasteiger partial charge in [0.15, 0.2) is 0 Å². The zero-order chi connectivity index (χ0) is 18.5. The maximum Gasteiger partial charge on any atom is 0.237 e. The highest BCUT2D eigenvalue weighted by Crippen LogP contribution is 2.22. The number of rotatable bonds is 6. The Morgan fingerprint density at radius 1 is 1.12 bits per heavy atom. The second kappa shape index (κ2) is 8.14. The third-order valence-corrected chi connectivity index (χ3v) is 4.99. The molecule has 0 aliphatic heterocycles. The predicted molar refractivity (Wildman–Crippen MR) is 104 cm³/mol. The van der Waals surface area contributed by atoms with Crippen LogP contribution in [0.2, 0.25) is 0 Å². The number of para-hydroxylation sites is 1. The number of hydrogen-bond donors (Lipinski definition) is 0. The van der Waals surface area contributed by atoms with Crippen LogP contribution in [0.3, 0.4) is 0 Å². The van der Waals surface area contributed by atoms with Crippen LogP contribution in [0.1, 0.15) is 25.3 Å². The SMILES string of the molecule is CC(C)c1ccc(-n2nnnc2SCC(=O)N(C)c2ccccc2)cc1. The molecule has 2 aromatic carbocycles. The largest absolute Gasteiger partial charge is 0.315 e. The number of tetrazole rings is 1. The zero-order valence-electron chi connectivity index (χ0n) is 15.0. The molecule has 0 aliphatic carbocycles. The van der Waals surface area contributed by atoms with Gasteiger partial charge in [-0.2, -0.15) is 4.68 Å². The molecular formula is C19H21N5OS. The van der Waals surface area contributed by atoms with Gasteiger partial charge in [-0.25, -0.2) is 0 Å². The molecule has 3 rings (SSSR count). The number of thioether (sulfide) groups is 1. The van der Waals surface area contributed by atoms with Crippen molar-refractivity contribution in [3.63, 3.8) is 0 Å². The molecule has 0 bridgehead atoms. The molecule has 134 valence electrons. The molecule has 6 nitrogen and oxygen atoms in total. The second-order valence-corrected chi connectivity index (χ2v) is 7.14. The maximum atomic E-state index is 12.4. The topological polar surface area (TPSA) is 63.9 Å². The lowest BCUT2D eigenvalue weighted by Gasteiger charge is -2.16. The van der Waals surface area contributed by atoms with Crippen molar-refractivity contribution in [3.8, 4) is 5.69 Å². The van der Waals surface area contributed by atoms with Gasteiger partial charge in [0.25, 0.3) is 0 Å². The molecule has 7 heteroatoms. The van der Waals surface area contributed by atoms with Crippen LogP contribution in [0.5, 0.6) is 0 Å². The van der Waals surface area contributed by atoms with Crippen LogP contribution < -0.4 is 4.90 Å². The molecule has 0 saturated heterocycles. The zero-order valence-corrected chi connectivity index (χ0v) is 15.8. The Morgan fingerprint density at radius 2 is 1.81 bits per heavy atom. The van der Waals surface area contributed by atoms with E-state index in [0.717, 1.165) is 11.4 Å². The number of hydrogen-bond acceptors (Lipinski definition) is 5. The van der Waals surface area contributed by atoms with Crippen LogP contribution in [0.4, 0.5) is 5.69 Å². The maximum absolute atomic E-state index is 12.4. The minimum Gasteiger partial charge on any atom is -0.315 e. The van der Waals surface area contributed by atoms with Crippen molar-refractivity contribution < 1.29 is 4.79 Å². The lowest BCUT2D eigenvalue weighted by molar-refractivity contribution is -0.115. The fourth-order valence-corrected chi connectivity index (χ4v) is 3.25. The van der Waals surface area contributed by atoms with Gasteiger partial charge in [-0.3, -0.25) is 4.79 Å². The molecule has 0 fully saturated rings. The van der Waals surface area contributed by atoms with Crippen LogP contribution in [0.25, 0.3) is 5.69 Å². The Bertz CT molecular complexity index is 861. The quantitative estimate of drug-likeness (QED) is 0.624. The molecule has 1 amide bonds. The molecule has 3 aromatic rings. The monoisotopic (exact) mass is 367 g/mol. The number of anilines is 1. The summed E-state index contributed by atoms with van der Waals surface area (Å²) in [5, 5.41) is 12.4. The first-order chi connectivity index (χ1) is 12.6. The minimum absolute atomic E-state index is 0.00842. The molecule has 0 unspecified atom stereocenters. The number of amides is 1. The average Bonchev–Trinajstić information content (AvgIpc) is 3.15. The highest BCUT2D eigenvalue weighted by atomic mass is 32.2. The number of carbonyl (C=O) groups is 1. The molecule has 0 atom stereocenters. The summed E-state index contributed by atoms with van der Waals surface area (Å²) >= 11 is 1.33. The lowest BCUT2D eigenvalue weighted by Crippen LogP contribution is -2.27. The van der Waals surface area contributed by atoms with Gasteiger partial charge in [0.1, 0.15) is 0 Å². The van der Waals surface area contributed by atoms with Gasteiger partial charge in [0.05, 0.1) is 11.4 Å². The van der Waals surface area contributed by atoms with Crippen LogP contribution in [0, 0.1) is 0 Å². The Balaban J connectivity index is 1.68. The van der Waals surface area contributed by atoms with Crippen molar-refractivity contribution in [2.45, 2.75) is 24.9 Å². The molecule has 0 N–H and O–H groups in total. The van der Waals surface area contributed by atoms with E-state index in [1.54, 1.807) is 16.6 Å². The van der Waals surface area contributed by atoms with Gasteiger partial charge < -0.3 is 4.90 Å². The fourth-order valence-electron chi connectivity index (χ4n) is 2.45. The summed E-state index contributed by atoms with van der Waals surface area (Å²) in [6, 6.07) is 17.7. The molecule has 1 aromatic heterocycles.